The zero-order chi connectivity index (χ0) is 15.1. The van der Waals surface area contributed by atoms with Crippen LogP contribution in [0.25, 0.3) is 0 Å². The molecule has 1 atom stereocenters. The van der Waals surface area contributed by atoms with Gasteiger partial charge in [0.25, 0.3) is 0 Å². The Kier molecular flexibility index (Phi) is 6.11. The third-order valence-corrected chi connectivity index (χ3v) is 3.77. The van der Waals surface area contributed by atoms with Gasteiger partial charge in [-0.2, -0.15) is 0 Å². The molecule has 1 aliphatic rings. The number of thiocarbonyl (C=S) groups is 1. The predicted molar refractivity (Wildman–Crippen MR) is 88.7 cm³/mol. The minimum atomic E-state index is 0.307. The molecule has 0 fully saturated rings. The summed E-state index contributed by atoms with van der Waals surface area (Å²) in [5, 5.41) is 7.27. The molecule has 0 bridgehead atoms. The number of nitrogens with one attached hydrogen (secondary N) is 2. The van der Waals surface area contributed by atoms with Gasteiger partial charge >= 0.3 is 0 Å². The molecule has 0 amide bonds. The maximum atomic E-state index is 5.37. The Morgan fingerprint density at radius 1 is 1.29 bits per heavy atom. The van der Waals surface area contributed by atoms with Crippen molar-refractivity contribution in [2.75, 3.05) is 6.79 Å². The lowest BCUT2D eigenvalue weighted by Crippen LogP contribution is -2.40. The van der Waals surface area contributed by atoms with E-state index in [-0.39, 0.29) is 0 Å². The molecule has 1 aliphatic heterocycles. The average Bonchev–Trinajstić information content (AvgIpc) is 2.93. The van der Waals surface area contributed by atoms with Crippen LogP contribution in [-0.4, -0.2) is 17.9 Å². The van der Waals surface area contributed by atoms with Crippen LogP contribution < -0.4 is 20.1 Å². The zero-order valence-electron chi connectivity index (χ0n) is 12.8. The Balaban J connectivity index is 1.71. The van der Waals surface area contributed by atoms with Crippen molar-refractivity contribution in [1.29, 1.82) is 0 Å². The number of unbranched alkanes of at least 4 members (excludes halogenated alkanes) is 2. The summed E-state index contributed by atoms with van der Waals surface area (Å²) in [5.74, 6) is 1.62. The molecular weight excluding hydrogens is 284 g/mol. The van der Waals surface area contributed by atoms with Gasteiger partial charge in [-0.25, -0.2) is 0 Å². The minimum Gasteiger partial charge on any atom is -0.454 e. The summed E-state index contributed by atoms with van der Waals surface area (Å²) in [4.78, 5) is 0. The Morgan fingerprint density at radius 3 is 2.90 bits per heavy atom. The molecule has 4 nitrogen and oxygen atoms in total. The molecule has 0 saturated carbocycles. The Bertz CT molecular complexity index is 479. The van der Waals surface area contributed by atoms with Crippen molar-refractivity contribution < 1.29 is 9.47 Å². The highest BCUT2D eigenvalue weighted by atomic mass is 32.1. The highest BCUT2D eigenvalue weighted by molar-refractivity contribution is 7.80. The second kappa shape index (κ2) is 8.08. The van der Waals surface area contributed by atoms with Crippen molar-refractivity contribution in [2.45, 2.75) is 52.1 Å². The summed E-state index contributed by atoms with van der Waals surface area (Å²) in [6.45, 7) is 5.38. The van der Waals surface area contributed by atoms with Gasteiger partial charge in [0.15, 0.2) is 16.6 Å². The lowest BCUT2D eigenvalue weighted by atomic mass is 10.1. The summed E-state index contributed by atoms with van der Waals surface area (Å²) in [5.41, 5.74) is 1.13. The Hall–Kier alpha value is -1.49. The third kappa shape index (κ3) is 5.08. The van der Waals surface area contributed by atoms with Gasteiger partial charge in [-0.3, -0.25) is 0 Å². The maximum absolute atomic E-state index is 5.37. The van der Waals surface area contributed by atoms with Crippen LogP contribution >= 0.6 is 12.2 Å². The van der Waals surface area contributed by atoms with E-state index < -0.39 is 0 Å². The third-order valence-electron chi connectivity index (χ3n) is 3.51. The van der Waals surface area contributed by atoms with E-state index in [1.54, 1.807) is 0 Å². The van der Waals surface area contributed by atoms with Gasteiger partial charge in [0.2, 0.25) is 6.79 Å². The summed E-state index contributed by atoms with van der Waals surface area (Å²) in [6.07, 6.45) is 4.93. The molecule has 1 heterocycles. The minimum absolute atomic E-state index is 0.307. The van der Waals surface area contributed by atoms with E-state index in [2.05, 4.69) is 24.5 Å². The maximum Gasteiger partial charge on any atom is 0.231 e. The molecular formula is C16H24N2O2S. The first-order valence-corrected chi connectivity index (χ1v) is 8.02. The topological polar surface area (TPSA) is 42.5 Å². The summed E-state index contributed by atoms with van der Waals surface area (Å²) < 4.78 is 10.7. The second-order valence-electron chi connectivity index (χ2n) is 5.41. The first-order valence-electron chi connectivity index (χ1n) is 7.62. The van der Waals surface area contributed by atoms with Crippen molar-refractivity contribution in [3.63, 3.8) is 0 Å². The zero-order valence-corrected chi connectivity index (χ0v) is 13.6. The molecule has 0 radical (unpaired) electrons. The number of hydrogen-bond donors (Lipinski definition) is 2. The quantitative estimate of drug-likeness (QED) is 0.597. The van der Waals surface area contributed by atoms with E-state index in [1.165, 1.54) is 19.3 Å². The van der Waals surface area contributed by atoms with E-state index in [4.69, 9.17) is 21.7 Å². The van der Waals surface area contributed by atoms with E-state index in [1.807, 2.05) is 18.2 Å². The van der Waals surface area contributed by atoms with Crippen LogP contribution in [0.2, 0.25) is 0 Å². The summed E-state index contributed by atoms with van der Waals surface area (Å²) >= 11 is 5.33. The first-order chi connectivity index (χ1) is 10.2. The van der Waals surface area contributed by atoms with Crippen LogP contribution in [0.15, 0.2) is 18.2 Å². The molecule has 0 aliphatic carbocycles. The second-order valence-corrected chi connectivity index (χ2v) is 5.82. The number of fused-ring (bicyclic) bond motifs is 1. The van der Waals surface area contributed by atoms with Gasteiger partial charge in [-0.05, 0) is 43.3 Å². The monoisotopic (exact) mass is 308 g/mol. The van der Waals surface area contributed by atoms with Gasteiger partial charge in [0.05, 0.1) is 0 Å². The fourth-order valence-corrected chi connectivity index (χ4v) is 2.55. The summed E-state index contributed by atoms with van der Waals surface area (Å²) in [6, 6.07) is 6.35. The molecule has 2 N–H and O–H groups in total. The standard InChI is InChI=1S/C16H24N2O2S/c1-3-4-5-6-12(2)18-16(21)17-10-13-7-8-14-15(9-13)20-11-19-14/h7-9,12H,3-6,10-11H2,1-2H3,(H2,17,18,21)/t12-/m0/s1. The number of ether oxygens (including phenoxy) is 2. The highest BCUT2D eigenvalue weighted by Crippen LogP contribution is 2.32. The molecule has 21 heavy (non-hydrogen) atoms. The lowest BCUT2D eigenvalue weighted by molar-refractivity contribution is 0.174. The van der Waals surface area contributed by atoms with Gasteiger partial charge in [0, 0.05) is 12.6 Å². The smallest absolute Gasteiger partial charge is 0.231 e. The first kappa shape index (κ1) is 15.9. The largest absolute Gasteiger partial charge is 0.454 e. The molecule has 1 aromatic rings. The van der Waals surface area contributed by atoms with Gasteiger partial charge in [-0.15, -0.1) is 0 Å². The van der Waals surface area contributed by atoms with E-state index in [0.717, 1.165) is 23.5 Å². The van der Waals surface area contributed by atoms with Gasteiger partial charge in [0.1, 0.15) is 0 Å². The van der Waals surface area contributed by atoms with E-state index in [0.29, 0.717) is 24.5 Å². The van der Waals surface area contributed by atoms with E-state index in [9.17, 15) is 0 Å². The van der Waals surface area contributed by atoms with Crippen LogP contribution in [0.3, 0.4) is 0 Å². The number of rotatable bonds is 7. The SMILES string of the molecule is CCCCC[C@H](C)NC(=S)NCc1ccc2c(c1)OCO2. The molecule has 116 valence electrons. The number of benzene rings is 1. The molecule has 1 aromatic carbocycles. The normalized spacial score (nSPS) is 13.8. The van der Waals surface area contributed by atoms with Gasteiger partial charge < -0.3 is 20.1 Å². The van der Waals surface area contributed by atoms with Gasteiger partial charge in [-0.1, -0.05) is 32.3 Å². The van der Waals surface area contributed by atoms with Crippen molar-refractivity contribution in [1.82, 2.24) is 10.6 Å². The molecule has 0 aromatic heterocycles. The van der Waals surface area contributed by atoms with Crippen molar-refractivity contribution in [3.05, 3.63) is 23.8 Å². The molecule has 0 spiro atoms. The Labute approximate surface area is 132 Å². The van der Waals surface area contributed by atoms with Crippen LogP contribution in [0.4, 0.5) is 0 Å². The van der Waals surface area contributed by atoms with Crippen molar-refractivity contribution >= 4 is 17.3 Å². The fraction of sp³-hybridized carbons (Fsp3) is 0.562. The average molecular weight is 308 g/mol. The van der Waals surface area contributed by atoms with Crippen LogP contribution in [-0.2, 0) is 6.54 Å². The van der Waals surface area contributed by atoms with Crippen LogP contribution in [0.1, 0.15) is 45.1 Å². The van der Waals surface area contributed by atoms with E-state index >= 15 is 0 Å². The molecule has 0 saturated heterocycles. The van der Waals surface area contributed by atoms with Crippen molar-refractivity contribution in [3.8, 4) is 11.5 Å². The molecule has 5 heteroatoms. The molecule has 0 unspecified atom stereocenters. The van der Waals surface area contributed by atoms with Crippen LogP contribution in [0.5, 0.6) is 11.5 Å². The lowest BCUT2D eigenvalue weighted by Gasteiger charge is -2.17. The number of hydrogen-bond acceptors (Lipinski definition) is 3. The fourth-order valence-electron chi connectivity index (χ4n) is 2.28. The van der Waals surface area contributed by atoms with Crippen molar-refractivity contribution in [2.24, 2.45) is 0 Å². The predicted octanol–water partition coefficient (Wildman–Crippen LogP) is 3.35. The molecule has 2 rings (SSSR count). The van der Waals surface area contributed by atoms with Crippen LogP contribution in [0, 0.1) is 0 Å². The highest BCUT2D eigenvalue weighted by Gasteiger charge is 2.13. The Morgan fingerprint density at radius 2 is 2.10 bits per heavy atom. The summed E-state index contributed by atoms with van der Waals surface area (Å²) in [7, 11) is 0.